The van der Waals surface area contributed by atoms with Gasteiger partial charge in [-0.15, -0.1) is 0 Å². The summed E-state index contributed by atoms with van der Waals surface area (Å²) in [6, 6.07) is 27.5. The third-order valence-electron chi connectivity index (χ3n) is 8.76. The molecule has 0 spiro atoms. The molecule has 228 valence electrons. The molecule has 2 amide bonds. The smallest absolute Gasteiger partial charge is 0.270 e. The van der Waals surface area contributed by atoms with Crippen LogP contribution in [0.4, 0.5) is 5.69 Å². The van der Waals surface area contributed by atoms with Gasteiger partial charge in [0.15, 0.2) is 0 Å². The minimum atomic E-state index is -0.0723. The van der Waals surface area contributed by atoms with E-state index in [2.05, 4.69) is 34.5 Å². The van der Waals surface area contributed by atoms with E-state index in [-0.39, 0.29) is 11.8 Å². The lowest BCUT2D eigenvalue weighted by molar-refractivity contribution is 0.0623. The highest BCUT2D eigenvalue weighted by Crippen LogP contribution is 2.33. The van der Waals surface area contributed by atoms with Gasteiger partial charge in [0.2, 0.25) is 0 Å². The minimum absolute atomic E-state index is 0.0633. The van der Waals surface area contributed by atoms with Crippen molar-refractivity contribution in [3.05, 3.63) is 107 Å². The molecule has 0 radical (unpaired) electrons. The van der Waals surface area contributed by atoms with Gasteiger partial charge in [-0.3, -0.25) is 14.5 Å². The van der Waals surface area contributed by atoms with Crippen molar-refractivity contribution in [3.63, 3.8) is 0 Å². The van der Waals surface area contributed by atoms with Gasteiger partial charge < -0.3 is 24.0 Å². The number of rotatable bonds is 8. The molecule has 0 atom stereocenters. The molecule has 1 saturated heterocycles. The Hall–Kier alpha value is -4.40. The average Bonchev–Trinajstić information content (AvgIpc) is 3.37. The highest BCUT2D eigenvalue weighted by molar-refractivity contribution is 6.07. The maximum Gasteiger partial charge on any atom is 0.270 e. The molecule has 1 fully saturated rings. The van der Waals surface area contributed by atoms with E-state index in [0.717, 1.165) is 79.5 Å². The number of carbonyl (C=O) groups is 2. The Labute approximate surface area is 260 Å². The van der Waals surface area contributed by atoms with E-state index in [1.165, 1.54) is 0 Å². The van der Waals surface area contributed by atoms with E-state index in [4.69, 9.17) is 4.74 Å². The Kier molecular flexibility index (Phi) is 8.82. The first-order valence-corrected chi connectivity index (χ1v) is 15.4. The predicted molar refractivity (Wildman–Crippen MR) is 174 cm³/mol. The first-order chi connectivity index (χ1) is 21.4. The van der Waals surface area contributed by atoms with Gasteiger partial charge in [-0.2, -0.15) is 0 Å². The number of fused-ring (bicyclic) bond motifs is 2. The molecule has 8 heteroatoms. The van der Waals surface area contributed by atoms with Gasteiger partial charge in [0.05, 0.1) is 20.2 Å². The van der Waals surface area contributed by atoms with Crippen molar-refractivity contribution in [3.8, 4) is 16.9 Å². The van der Waals surface area contributed by atoms with Crippen LogP contribution in [0.5, 0.6) is 5.75 Å². The number of aromatic nitrogens is 1. The molecule has 1 aromatic heterocycles. The highest BCUT2D eigenvalue weighted by atomic mass is 16.5. The fraction of sp³-hybridized carbons (Fsp3) is 0.333. The van der Waals surface area contributed by atoms with Crippen molar-refractivity contribution in [1.82, 2.24) is 19.3 Å². The number of hydrogen-bond donors (Lipinski definition) is 0. The number of para-hydroxylation sites is 2. The average molecular weight is 592 g/mol. The Bertz CT molecular complexity index is 1620. The molecule has 8 nitrogen and oxygen atoms in total. The van der Waals surface area contributed by atoms with Crippen molar-refractivity contribution >= 4 is 17.5 Å². The van der Waals surface area contributed by atoms with Gasteiger partial charge in [-0.1, -0.05) is 48.5 Å². The molecule has 3 aromatic carbocycles. The quantitative estimate of drug-likeness (QED) is 0.286. The summed E-state index contributed by atoms with van der Waals surface area (Å²) >= 11 is 0. The molecule has 0 bridgehead atoms. The molecule has 6 rings (SSSR count). The summed E-state index contributed by atoms with van der Waals surface area (Å²) in [4.78, 5) is 36.3. The zero-order valence-corrected chi connectivity index (χ0v) is 25.9. The molecule has 44 heavy (non-hydrogen) atoms. The van der Waals surface area contributed by atoms with Crippen LogP contribution in [0.15, 0.2) is 84.9 Å². The van der Waals surface area contributed by atoms with Crippen LogP contribution in [0.3, 0.4) is 0 Å². The topological polar surface area (TPSA) is 61.3 Å². The summed E-state index contributed by atoms with van der Waals surface area (Å²) in [6.07, 6.45) is 1.13. The molecule has 2 aliphatic rings. The number of benzene rings is 3. The lowest BCUT2D eigenvalue weighted by Gasteiger charge is -2.35. The maximum absolute atomic E-state index is 14.0. The van der Waals surface area contributed by atoms with E-state index >= 15 is 0 Å². The van der Waals surface area contributed by atoms with E-state index in [0.29, 0.717) is 24.3 Å². The van der Waals surface area contributed by atoms with E-state index in [9.17, 15) is 9.59 Å². The third-order valence-corrected chi connectivity index (χ3v) is 8.76. The molecule has 3 heterocycles. The fourth-order valence-corrected chi connectivity index (χ4v) is 6.31. The second-order valence-electron chi connectivity index (χ2n) is 11.9. The lowest BCUT2D eigenvalue weighted by atomic mass is 10.0. The zero-order chi connectivity index (χ0) is 30.6. The van der Waals surface area contributed by atoms with E-state index < -0.39 is 0 Å². The Morgan fingerprint density at radius 2 is 1.52 bits per heavy atom. The van der Waals surface area contributed by atoms with Crippen LogP contribution in [-0.4, -0.2) is 91.6 Å². The fourth-order valence-electron chi connectivity index (χ4n) is 6.31. The van der Waals surface area contributed by atoms with Crippen molar-refractivity contribution < 1.29 is 14.3 Å². The number of amides is 2. The maximum atomic E-state index is 14.0. The number of anilines is 1. The van der Waals surface area contributed by atoms with Crippen molar-refractivity contribution in [1.29, 1.82) is 0 Å². The van der Waals surface area contributed by atoms with Crippen LogP contribution >= 0.6 is 0 Å². The first-order valence-electron chi connectivity index (χ1n) is 15.4. The number of methoxy groups -OCH3 is 1. The Morgan fingerprint density at radius 1 is 0.795 bits per heavy atom. The number of piperazine rings is 1. The second-order valence-corrected chi connectivity index (χ2v) is 11.9. The first kappa shape index (κ1) is 29.7. The van der Waals surface area contributed by atoms with Crippen molar-refractivity contribution in [2.45, 2.75) is 19.5 Å². The standard InChI is InChI=1S/C36H41N5O3/c1-37(2)19-8-20-38-21-23-39(24-22-38)36(43)33-18-17-30-26-41(32-11-6-4-9-29(32)25-40(30)33)35(42)28-15-13-27(14-16-28)31-10-5-7-12-34(31)44-3/h4-7,9-18H,8,19-26H2,1-3H3. The Morgan fingerprint density at radius 3 is 2.27 bits per heavy atom. The molecule has 4 aromatic rings. The number of hydrogen-bond acceptors (Lipinski definition) is 5. The van der Waals surface area contributed by atoms with Crippen LogP contribution in [0, 0.1) is 0 Å². The van der Waals surface area contributed by atoms with Crippen LogP contribution < -0.4 is 9.64 Å². The monoisotopic (exact) mass is 591 g/mol. The summed E-state index contributed by atoms with van der Waals surface area (Å²) in [5, 5.41) is 0. The van der Waals surface area contributed by atoms with Gasteiger partial charge in [0.25, 0.3) is 11.8 Å². The van der Waals surface area contributed by atoms with Gasteiger partial charge in [0.1, 0.15) is 11.4 Å². The lowest BCUT2D eigenvalue weighted by Crippen LogP contribution is -2.49. The molecule has 0 N–H and O–H groups in total. The van der Waals surface area contributed by atoms with Gasteiger partial charge in [0, 0.05) is 48.7 Å². The number of carbonyl (C=O) groups excluding carboxylic acids is 2. The predicted octanol–water partition coefficient (Wildman–Crippen LogP) is 5.08. The van der Waals surface area contributed by atoms with Gasteiger partial charge in [-0.25, -0.2) is 0 Å². The largest absolute Gasteiger partial charge is 0.496 e. The summed E-state index contributed by atoms with van der Waals surface area (Å²) in [5.74, 6) is 0.784. The van der Waals surface area contributed by atoms with Gasteiger partial charge >= 0.3 is 0 Å². The summed E-state index contributed by atoms with van der Waals surface area (Å²) in [5.41, 5.74) is 6.10. The number of ether oxygens (including phenoxy) is 1. The van der Waals surface area contributed by atoms with Crippen molar-refractivity contribution in [2.24, 2.45) is 0 Å². The highest BCUT2D eigenvalue weighted by Gasteiger charge is 2.30. The SMILES string of the molecule is COc1ccccc1-c1ccc(C(=O)N2Cc3ccc(C(=O)N4CCN(CCCN(C)C)CC4)n3Cc3ccccc32)cc1. The number of nitrogens with zero attached hydrogens (tertiary/aromatic N) is 5. The summed E-state index contributed by atoms with van der Waals surface area (Å²) < 4.78 is 7.63. The molecule has 0 aliphatic carbocycles. The minimum Gasteiger partial charge on any atom is -0.496 e. The second kappa shape index (κ2) is 13.1. The van der Waals surface area contributed by atoms with Crippen molar-refractivity contribution in [2.75, 3.05) is 65.4 Å². The van der Waals surface area contributed by atoms with Crippen LogP contribution in [-0.2, 0) is 13.1 Å². The van der Waals surface area contributed by atoms with Crippen LogP contribution in [0.1, 0.15) is 38.5 Å². The van der Waals surface area contributed by atoms with Crippen LogP contribution in [0.25, 0.3) is 11.1 Å². The van der Waals surface area contributed by atoms with Gasteiger partial charge in [-0.05, 0) is 81.1 Å². The summed E-state index contributed by atoms with van der Waals surface area (Å²) in [7, 11) is 5.87. The molecular formula is C36H41N5O3. The molecular weight excluding hydrogens is 550 g/mol. The van der Waals surface area contributed by atoms with Crippen LogP contribution in [0.2, 0.25) is 0 Å². The molecule has 2 aliphatic heterocycles. The zero-order valence-electron chi connectivity index (χ0n) is 25.9. The summed E-state index contributed by atoms with van der Waals surface area (Å²) in [6.45, 7) is 6.31. The van der Waals surface area contributed by atoms with E-state index in [1.807, 2.05) is 88.7 Å². The molecule has 0 saturated carbocycles. The Balaban J connectivity index is 1.21. The van der Waals surface area contributed by atoms with E-state index in [1.54, 1.807) is 7.11 Å². The molecule has 0 unspecified atom stereocenters. The normalized spacial score (nSPS) is 15.1. The third kappa shape index (κ3) is 6.14.